The first-order valence-electron chi connectivity index (χ1n) is 15.3. The quantitative estimate of drug-likeness (QED) is 0.246. The van der Waals surface area contributed by atoms with Crippen molar-refractivity contribution in [2.75, 3.05) is 12.0 Å². The third kappa shape index (κ3) is 4.63. The van der Waals surface area contributed by atoms with E-state index in [2.05, 4.69) is 5.43 Å². The molecule has 2 aliphatic heterocycles. The highest BCUT2D eigenvalue weighted by Crippen LogP contribution is 2.64. The van der Waals surface area contributed by atoms with Gasteiger partial charge in [0, 0.05) is 23.0 Å². The van der Waals surface area contributed by atoms with Crippen LogP contribution in [0.1, 0.15) is 36.3 Å². The molecule has 2 aliphatic carbocycles. The number of halogens is 2. The number of aliphatic carboxylic acids is 1. The van der Waals surface area contributed by atoms with Crippen LogP contribution in [0.5, 0.6) is 5.75 Å². The van der Waals surface area contributed by atoms with Crippen LogP contribution in [-0.4, -0.2) is 56.3 Å². The minimum Gasteiger partial charge on any atom is -0.508 e. The second-order valence-electron chi connectivity index (χ2n) is 12.4. The molecule has 10 nitrogen and oxygen atoms in total. The van der Waals surface area contributed by atoms with Crippen molar-refractivity contribution in [3.05, 3.63) is 106 Å². The Hall–Kier alpha value is -5.03. The number of nitrogens with one attached hydrogen (secondary N) is 1. The molecule has 0 radical (unpaired) electrons. The van der Waals surface area contributed by atoms with Crippen LogP contribution in [0.3, 0.4) is 0 Å². The number of carboxylic acid groups (broad SMARTS) is 1. The Balaban J connectivity index is 1.42. The van der Waals surface area contributed by atoms with Crippen molar-refractivity contribution in [1.82, 2.24) is 9.91 Å². The molecular weight excluding hydrogens is 629 g/mol. The van der Waals surface area contributed by atoms with Gasteiger partial charge in [-0.15, -0.1) is 0 Å². The minimum absolute atomic E-state index is 0.0255. The van der Waals surface area contributed by atoms with Crippen molar-refractivity contribution in [2.24, 2.45) is 23.7 Å². The summed E-state index contributed by atoms with van der Waals surface area (Å²) in [6, 6.07) is 18.3. The number of hydrazine groups is 1. The van der Waals surface area contributed by atoms with Gasteiger partial charge in [-0.25, -0.2) is 4.39 Å². The molecule has 3 aromatic rings. The molecule has 6 unspecified atom stereocenters. The maximum atomic E-state index is 15.0. The van der Waals surface area contributed by atoms with E-state index in [0.29, 0.717) is 27.4 Å². The number of hydrogen-bond donors (Lipinski definition) is 3. The van der Waals surface area contributed by atoms with Crippen LogP contribution in [-0.2, 0) is 29.4 Å². The molecule has 3 N–H and O–H groups in total. The number of allylic oxidation sites excluding steroid dienone is 2. The second kappa shape index (κ2) is 11.3. The second-order valence-corrected chi connectivity index (χ2v) is 12.8. The normalized spacial score (nSPS) is 28.1. The van der Waals surface area contributed by atoms with Gasteiger partial charge < -0.3 is 10.2 Å². The minimum atomic E-state index is -1.61. The van der Waals surface area contributed by atoms with Crippen LogP contribution in [0.2, 0.25) is 5.02 Å². The topological polar surface area (TPSA) is 144 Å². The Morgan fingerprint density at radius 1 is 0.936 bits per heavy atom. The highest BCUT2D eigenvalue weighted by molar-refractivity contribution is 6.30. The third-order valence-electron chi connectivity index (χ3n) is 10.1. The summed E-state index contributed by atoms with van der Waals surface area (Å²) in [7, 11) is 0. The van der Waals surface area contributed by atoms with Gasteiger partial charge >= 0.3 is 5.97 Å². The van der Waals surface area contributed by atoms with E-state index >= 15 is 0 Å². The van der Waals surface area contributed by atoms with Crippen molar-refractivity contribution in [3.63, 3.8) is 0 Å². The number of carbonyl (C=O) groups excluding carboxylic acids is 4. The lowest BCUT2D eigenvalue weighted by molar-refractivity contribution is -0.143. The zero-order chi connectivity index (χ0) is 33.2. The molecule has 240 valence electrons. The van der Waals surface area contributed by atoms with Crippen molar-refractivity contribution in [3.8, 4) is 5.75 Å². The average molecular weight is 658 g/mol. The Morgan fingerprint density at radius 2 is 1.64 bits per heavy atom. The molecule has 2 saturated heterocycles. The fourth-order valence-electron chi connectivity index (χ4n) is 8.22. The average Bonchev–Trinajstić information content (AvgIpc) is 3.42. The van der Waals surface area contributed by atoms with E-state index in [9.17, 15) is 38.6 Å². The first-order valence-corrected chi connectivity index (χ1v) is 15.6. The van der Waals surface area contributed by atoms with Crippen LogP contribution in [0.25, 0.3) is 0 Å². The van der Waals surface area contributed by atoms with Gasteiger partial charge in [0.15, 0.2) is 0 Å². The molecule has 4 amide bonds. The summed E-state index contributed by atoms with van der Waals surface area (Å²) in [6.45, 7) is -0.268. The summed E-state index contributed by atoms with van der Waals surface area (Å²) < 4.78 is 13.7. The van der Waals surface area contributed by atoms with Gasteiger partial charge in [-0.3, -0.25) is 34.3 Å². The lowest BCUT2D eigenvalue weighted by atomic mass is 9.49. The van der Waals surface area contributed by atoms with Crippen LogP contribution >= 0.6 is 11.6 Å². The summed E-state index contributed by atoms with van der Waals surface area (Å²) in [5, 5.41) is 21.9. The molecule has 3 fully saturated rings. The number of imide groups is 2. The standard InChI is InChI=1S/C35H29ClFN3O7/c36-19-7-5-18(6-8-19)35-26(32(45)40(34(35)47)38-21-11-9-20(37)10-12-21)17-25-22(30(35)23-3-1-2-4-27(23)41)13-14-24-29(25)33(46)39(31(24)44)16-15-28(42)43/h1-13,24-26,29-30,38,41H,14-17H2,(H,42,43). The Kier molecular flexibility index (Phi) is 7.39. The van der Waals surface area contributed by atoms with Gasteiger partial charge in [0.2, 0.25) is 11.8 Å². The molecule has 12 heteroatoms. The molecular formula is C35H29ClFN3O7. The number of carbonyl (C=O) groups is 5. The van der Waals surface area contributed by atoms with Crippen LogP contribution < -0.4 is 5.43 Å². The first-order chi connectivity index (χ1) is 22.5. The molecule has 0 bridgehead atoms. The van der Waals surface area contributed by atoms with E-state index in [-0.39, 0.29) is 25.1 Å². The number of para-hydroxylation sites is 1. The largest absolute Gasteiger partial charge is 0.508 e. The zero-order valence-electron chi connectivity index (χ0n) is 24.8. The third-order valence-corrected chi connectivity index (χ3v) is 10.4. The fourth-order valence-corrected chi connectivity index (χ4v) is 8.35. The maximum Gasteiger partial charge on any atom is 0.305 e. The van der Waals surface area contributed by atoms with Gasteiger partial charge in [0.25, 0.3) is 11.8 Å². The summed E-state index contributed by atoms with van der Waals surface area (Å²) in [5.41, 5.74) is 3.03. The first kappa shape index (κ1) is 30.6. The van der Waals surface area contributed by atoms with Crippen molar-refractivity contribution < 1.29 is 38.6 Å². The van der Waals surface area contributed by atoms with Gasteiger partial charge in [0.05, 0.1) is 35.3 Å². The van der Waals surface area contributed by atoms with Gasteiger partial charge in [0.1, 0.15) is 11.6 Å². The summed E-state index contributed by atoms with van der Waals surface area (Å²) >= 11 is 6.28. The SMILES string of the molecule is O=C(O)CCN1C(=O)C2CC=C3C(CC4C(=O)N(Nc5ccc(F)cc5)C(=O)C4(c4ccc(Cl)cc4)C3c3ccccc3O)C2C1=O. The number of rotatable bonds is 7. The summed E-state index contributed by atoms with van der Waals surface area (Å²) in [4.78, 5) is 69.2. The Morgan fingerprint density at radius 3 is 2.32 bits per heavy atom. The van der Waals surface area contributed by atoms with Gasteiger partial charge in [-0.2, -0.15) is 5.01 Å². The number of carboxylic acids is 1. The lowest BCUT2D eigenvalue weighted by Gasteiger charge is -2.50. The van der Waals surface area contributed by atoms with Crippen LogP contribution in [0.15, 0.2) is 84.4 Å². The molecule has 0 aromatic heterocycles. The summed E-state index contributed by atoms with van der Waals surface area (Å²) in [6.07, 6.45) is 1.63. The smallest absolute Gasteiger partial charge is 0.305 e. The van der Waals surface area contributed by atoms with Crippen molar-refractivity contribution in [2.45, 2.75) is 30.6 Å². The van der Waals surface area contributed by atoms with E-state index in [0.717, 1.165) is 9.91 Å². The highest BCUT2D eigenvalue weighted by atomic mass is 35.5. The number of hydrogen-bond acceptors (Lipinski definition) is 7. The molecule has 6 atom stereocenters. The van der Waals surface area contributed by atoms with Crippen molar-refractivity contribution in [1.29, 1.82) is 0 Å². The molecule has 3 aromatic carbocycles. The number of anilines is 1. The highest BCUT2D eigenvalue weighted by Gasteiger charge is 2.70. The van der Waals surface area contributed by atoms with Crippen molar-refractivity contribution >= 4 is 46.9 Å². The predicted molar refractivity (Wildman–Crippen MR) is 166 cm³/mol. The van der Waals surface area contributed by atoms with Gasteiger partial charge in [-0.1, -0.05) is 53.6 Å². The van der Waals surface area contributed by atoms with Gasteiger partial charge in [-0.05, 0) is 66.8 Å². The molecule has 1 saturated carbocycles. The van der Waals surface area contributed by atoms with Crippen LogP contribution in [0, 0.1) is 29.5 Å². The van der Waals surface area contributed by atoms with E-state index < -0.39 is 76.8 Å². The number of phenols is 1. The lowest BCUT2D eigenvalue weighted by Crippen LogP contribution is -2.53. The number of likely N-dealkylation sites (tertiary alicyclic amines) is 1. The number of amides is 4. The molecule has 0 spiro atoms. The fraction of sp³-hybridized carbons (Fsp3) is 0.286. The number of fused-ring (bicyclic) bond motifs is 4. The Bertz CT molecular complexity index is 1860. The van der Waals surface area contributed by atoms with E-state index in [4.69, 9.17) is 11.6 Å². The number of aromatic hydroxyl groups is 1. The van der Waals surface area contributed by atoms with E-state index in [1.54, 1.807) is 42.5 Å². The molecule has 47 heavy (non-hydrogen) atoms. The predicted octanol–water partition coefficient (Wildman–Crippen LogP) is 4.64. The summed E-state index contributed by atoms with van der Waals surface area (Å²) in [5.74, 6) is -8.23. The zero-order valence-corrected chi connectivity index (χ0v) is 25.6. The number of nitrogens with zero attached hydrogens (tertiary/aromatic N) is 2. The Labute approximate surface area is 273 Å². The molecule has 4 aliphatic rings. The number of benzene rings is 3. The molecule has 7 rings (SSSR count). The van der Waals surface area contributed by atoms with Crippen LogP contribution in [0.4, 0.5) is 10.1 Å². The van der Waals surface area contributed by atoms with E-state index in [1.165, 1.54) is 30.3 Å². The molecule has 2 heterocycles. The maximum absolute atomic E-state index is 15.0. The van der Waals surface area contributed by atoms with E-state index in [1.807, 2.05) is 6.08 Å². The number of phenolic OH excluding ortho intramolecular Hbond substituents is 1. The monoisotopic (exact) mass is 657 g/mol.